The SMILES string of the molecule is CCCNc1nc(OCCC)nc(N2CCCC2CC)n1. The maximum atomic E-state index is 5.62. The van der Waals surface area contributed by atoms with Crippen LogP contribution in [0.25, 0.3) is 0 Å². The van der Waals surface area contributed by atoms with E-state index in [0.29, 0.717) is 24.6 Å². The first-order valence-corrected chi connectivity index (χ1v) is 8.17. The number of rotatable bonds is 8. The number of ether oxygens (including phenoxy) is 1. The smallest absolute Gasteiger partial charge is 0.323 e. The number of hydrogen-bond acceptors (Lipinski definition) is 6. The second-order valence-corrected chi connectivity index (χ2v) is 5.41. The molecule has 2 heterocycles. The van der Waals surface area contributed by atoms with Crippen LogP contribution in [0.15, 0.2) is 0 Å². The molecule has 0 bridgehead atoms. The van der Waals surface area contributed by atoms with E-state index in [1.54, 1.807) is 0 Å². The molecule has 0 spiro atoms. The minimum atomic E-state index is 0.433. The zero-order valence-electron chi connectivity index (χ0n) is 13.4. The molecule has 0 aromatic carbocycles. The molecule has 1 aromatic rings. The molecule has 118 valence electrons. The molecule has 0 amide bonds. The third-order valence-electron chi connectivity index (χ3n) is 3.68. The first-order chi connectivity index (χ1) is 10.3. The van der Waals surface area contributed by atoms with Gasteiger partial charge in [0.05, 0.1) is 6.61 Å². The van der Waals surface area contributed by atoms with Gasteiger partial charge in [-0.15, -0.1) is 0 Å². The van der Waals surface area contributed by atoms with Gasteiger partial charge in [0.1, 0.15) is 0 Å². The van der Waals surface area contributed by atoms with Crippen molar-refractivity contribution in [3.8, 4) is 6.01 Å². The predicted molar refractivity (Wildman–Crippen MR) is 85.1 cm³/mol. The molecule has 1 atom stereocenters. The first kappa shape index (κ1) is 15.8. The van der Waals surface area contributed by atoms with Crippen LogP contribution < -0.4 is 15.0 Å². The molecule has 1 aliphatic rings. The fourth-order valence-electron chi connectivity index (χ4n) is 2.57. The molecule has 1 fully saturated rings. The van der Waals surface area contributed by atoms with E-state index >= 15 is 0 Å². The minimum absolute atomic E-state index is 0.433. The van der Waals surface area contributed by atoms with E-state index in [4.69, 9.17) is 4.74 Å². The summed E-state index contributed by atoms with van der Waals surface area (Å²) in [6.07, 6.45) is 5.51. The number of nitrogens with one attached hydrogen (secondary N) is 1. The Kier molecular flexibility index (Phi) is 6.02. The molecule has 1 N–H and O–H groups in total. The van der Waals surface area contributed by atoms with Crippen molar-refractivity contribution in [3.05, 3.63) is 0 Å². The number of hydrogen-bond donors (Lipinski definition) is 1. The Labute approximate surface area is 127 Å². The fourth-order valence-corrected chi connectivity index (χ4v) is 2.57. The van der Waals surface area contributed by atoms with Gasteiger partial charge in [0.15, 0.2) is 0 Å². The number of aromatic nitrogens is 3. The van der Waals surface area contributed by atoms with Gasteiger partial charge in [-0.3, -0.25) is 0 Å². The summed E-state index contributed by atoms with van der Waals surface area (Å²) in [5, 5.41) is 3.24. The molecule has 6 nitrogen and oxygen atoms in total. The molecule has 1 aliphatic heterocycles. The third-order valence-corrected chi connectivity index (χ3v) is 3.68. The van der Waals surface area contributed by atoms with Crippen LogP contribution in [0.2, 0.25) is 0 Å². The summed E-state index contributed by atoms with van der Waals surface area (Å²) in [7, 11) is 0. The highest BCUT2D eigenvalue weighted by Gasteiger charge is 2.26. The Morgan fingerprint density at radius 1 is 1.19 bits per heavy atom. The summed E-state index contributed by atoms with van der Waals surface area (Å²) in [5.74, 6) is 1.37. The highest BCUT2D eigenvalue weighted by Crippen LogP contribution is 2.26. The van der Waals surface area contributed by atoms with Gasteiger partial charge in [0.25, 0.3) is 0 Å². The van der Waals surface area contributed by atoms with E-state index < -0.39 is 0 Å². The lowest BCUT2D eigenvalue weighted by Crippen LogP contribution is -2.30. The van der Waals surface area contributed by atoms with Crippen molar-refractivity contribution in [2.24, 2.45) is 0 Å². The Balaban J connectivity index is 2.21. The van der Waals surface area contributed by atoms with E-state index in [-0.39, 0.29) is 0 Å². The average molecular weight is 293 g/mol. The van der Waals surface area contributed by atoms with E-state index in [2.05, 4.69) is 45.9 Å². The highest BCUT2D eigenvalue weighted by molar-refractivity contribution is 5.40. The molecule has 21 heavy (non-hydrogen) atoms. The second kappa shape index (κ2) is 8.00. The predicted octanol–water partition coefficient (Wildman–Crippen LogP) is 2.86. The van der Waals surface area contributed by atoms with E-state index in [1.165, 1.54) is 12.8 Å². The zero-order valence-corrected chi connectivity index (χ0v) is 13.4. The summed E-state index contributed by atoms with van der Waals surface area (Å²) in [4.78, 5) is 15.7. The lowest BCUT2D eigenvalue weighted by Gasteiger charge is -2.24. The fraction of sp³-hybridized carbons (Fsp3) is 0.800. The maximum absolute atomic E-state index is 5.62. The Hall–Kier alpha value is -1.59. The molecule has 0 radical (unpaired) electrons. The van der Waals surface area contributed by atoms with Crippen molar-refractivity contribution in [2.45, 2.75) is 58.9 Å². The topological polar surface area (TPSA) is 63.2 Å². The van der Waals surface area contributed by atoms with Gasteiger partial charge < -0.3 is 15.0 Å². The quantitative estimate of drug-likeness (QED) is 0.795. The summed E-state index contributed by atoms with van der Waals surface area (Å²) >= 11 is 0. The monoisotopic (exact) mass is 293 g/mol. The molecule has 1 aromatic heterocycles. The van der Waals surface area contributed by atoms with Gasteiger partial charge in [-0.25, -0.2) is 0 Å². The van der Waals surface area contributed by atoms with E-state index in [1.807, 2.05) is 0 Å². The largest absolute Gasteiger partial charge is 0.463 e. The Morgan fingerprint density at radius 2 is 2.05 bits per heavy atom. The van der Waals surface area contributed by atoms with Crippen LogP contribution in [-0.4, -0.2) is 40.7 Å². The molecule has 1 saturated heterocycles. The summed E-state index contributed by atoms with van der Waals surface area (Å²) < 4.78 is 5.62. The van der Waals surface area contributed by atoms with Crippen molar-refractivity contribution < 1.29 is 4.74 Å². The van der Waals surface area contributed by atoms with Crippen molar-refractivity contribution in [1.82, 2.24) is 15.0 Å². The third kappa shape index (κ3) is 4.19. The van der Waals surface area contributed by atoms with Crippen molar-refractivity contribution in [2.75, 3.05) is 29.9 Å². The molecular weight excluding hydrogens is 266 g/mol. The maximum Gasteiger partial charge on any atom is 0.323 e. The van der Waals surface area contributed by atoms with Crippen molar-refractivity contribution >= 4 is 11.9 Å². The number of nitrogens with zero attached hydrogens (tertiary/aromatic N) is 4. The van der Waals surface area contributed by atoms with Crippen LogP contribution >= 0.6 is 0 Å². The van der Waals surface area contributed by atoms with Crippen LogP contribution in [0.5, 0.6) is 6.01 Å². The summed E-state index contributed by atoms with van der Waals surface area (Å²) in [6.45, 7) is 8.92. The minimum Gasteiger partial charge on any atom is -0.463 e. The highest BCUT2D eigenvalue weighted by atomic mass is 16.5. The van der Waals surface area contributed by atoms with Crippen LogP contribution in [-0.2, 0) is 0 Å². The molecule has 1 unspecified atom stereocenters. The van der Waals surface area contributed by atoms with Crippen LogP contribution in [0, 0.1) is 0 Å². The van der Waals surface area contributed by atoms with Crippen LogP contribution in [0.1, 0.15) is 52.9 Å². The average Bonchev–Trinajstić information content (AvgIpc) is 2.99. The lowest BCUT2D eigenvalue weighted by atomic mass is 10.2. The lowest BCUT2D eigenvalue weighted by molar-refractivity contribution is 0.291. The molecule has 6 heteroatoms. The van der Waals surface area contributed by atoms with Gasteiger partial charge in [-0.1, -0.05) is 20.8 Å². The molecular formula is C15H27N5O. The van der Waals surface area contributed by atoms with E-state index in [9.17, 15) is 0 Å². The van der Waals surface area contributed by atoms with Gasteiger partial charge in [-0.05, 0) is 32.1 Å². The number of anilines is 2. The van der Waals surface area contributed by atoms with Crippen LogP contribution in [0.3, 0.4) is 0 Å². The second-order valence-electron chi connectivity index (χ2n) is 5.41. The first-order valence-electron chi connectivity index (χ1n) is 8.17. The van der Waals surface area contributed by atoms with Gasteiger partial charge in [-0.2, -0.15) is 15.0 Å². The summed E-state index contributed by atoms with van der Waals surface area (Å²) in [5.41, 5.74) is 0. The van der Waals surface area contributed by atoms with Gasteiger partial charge >= 0.3 is 6.01 Å². The van der Waals surface area contributed by atoms with Crippen molar-refractivity contribution in [1.29, 1.82) is 0 Å². The molecule has 0 aliphatic carbocycles. The molecule has 2 rings (SSSR count). The van der Waals surface area contributed by atoms with Crippen LogP contribution in [0.4, 0.5) is 11.9 Å². The standard InChI is InChI=1S/C15H27N5O/c1-4-9-16-13-17-14(19-15(18-13)21-11-5-2)20-10-7-8-12(20)6-3/h12H,4-11H2,1-3H3,(H,16,17,18,19). The normalized spacial score (nSPS) is 18.0. The summed E-state index contributed by atoms with van der Waals surface area (Å²) in [6, 6.07) is 0.965. The molecule has 0 saturated carbocycles. The van der Waals surface area contributed by atoms with E-state index in [0.717, 1.165) is 38.3 Å². The van der Waals surface area contributed by atoms with Gasteiger partial charge in [0.2, 0.25) is 11.9 Å². The van der Waals surface area contributed by atoms with Gasteiger partial charge in [0, 0.05) is 19.1 Å². The Bertz CT molecular complexity index is 414. The zero-order chi connectivity index (χ0) is 15.1. The van der Waals surface area contributed by atoms with Crippen molar-refractivity contribution in [3.63, 3.8) is 0 Å². The Morgan fingerprint density at radius 3 is 2.76 bits per heavy atom.